The number of ether oxygens (including phenoxy) is 2. The standard InChI is InChI=1S/C26H22N4O3/c1-32-26(31)18-7-5-6-17(14-18)22-15-21(27)23(25(28)29)24(30-22)16-10-12-20(13-11-16)33-19-8-3-2-4-9-19/h2-15H,1H3,(H2,27,30)(H3,28,29). The topological polar surface area (TPSA) is 124 Å². The first kappa shape index (κ1) is 21.6. The van der Waals surface area contributed by atoms with Gasteiger partial charge in [0.25, 0.3) is 0 Å². The molecule has 0 bridgehead atoms. The van der Waals surface area contributed by atoms with Gasteiger partial charge in [-0.15, -0.1) is 0 Å². The van der Waals surface area contributed by atoms with Crippen molar-refractivity contribution >= 4 is 17.5 Å². The number of hydrogen-bond donors (Lipinski definition) is 3. The molecule has 0 spiro atoms. The third kappa shape index (κ3) is 4.67. The molecule has 0 radical (unpaired) electrons. The first-order valence-corrected chi connectivity index (χ1v) is 10.1. The van der Waals surface area contributed by atoms with Crippen LogP contribution in [0.25, 0.3) is 22.5 Å². The van der Waals surface area contributed by atoms with Crippen LogP contribution in [-0.2, 0) is 4.74 Å². The van der Waals surface area contributed by atoms with Crippen LogP contribution in [-0.4, -0.2) is 23.9 Å². The molecule has 3 aromatic carbocycles. The third-order valence-electron chi connectivity index (χ3n) is 5.01. The van der Waals surface area contributed by atoms with Gasteiger partial charge in [0.05, 0.1) is 29.6 Å². The maximum absolute atomic E-state index is 11.9. The number of nitrogen functional groups attached to an aromatic ring is 2. The molecule has 5 N–H and O–H groups in total. The Labute approximate surface area is 191 Å². The van der Waals surface area contributed by atoms with Crippen molar-refractivity contribution in [1.29, 1.82) is 5.41 Å². The fraction of sp³-hybridized carbons (Fsp3) is 0.0385. The molecule has 0 aliphatic rings. The number of benzene rings is 3. The Balaban J connectivity index is 1.75. The number of aromatic nitrogens is 1. The van der Waals surface area contributed by atoms with Gasteiger partial charge in [0.2, 0.25) is 0 Å². The Bertz CT molecular complexity index is 1320. The number of nitrogens with two attached hydrogens (primary N) is 2. The van der Waals surface area contributed by atoms with Crippen LogP contribution in [0.1, 0.15) is 15.9 Å². The highest BCUT2D eigenvalue weighted by molar-refractivity contribution is 6.06. The van der Waals surface area contributed by atoms with Crippen molar-refractivity contribution in [2.24, 2.45) is 5.73 Å². The van der Waals surface area contributed by atoms with Gasteiger partial charge in [-0.25, -0.2) is 9.78 Å². The molecule has 0 aliphatic heterocycles. The van der Waals surface area contributed by atoms with E-state index in [1.807, 2.05) is 60.7 Å². The number of rotatable bonds is 6. The second-order valence-electron chi connectivity index (χ2n) is 7.25. The minimum Gasteiger partial charge on any atom is -0.465 e. The second-order valence-corrected chi connectivity index (χ2v) is 7.25. The van der Waals surface area contributed by atoms with Crippen molar-refractivity contribution in [3.05, 3.63) is 96.1 Å². The molecule has 164 valence electrons. The molecule has 0 aliphatic carbocycles. The molecule has 0 atom stereocenters. The normalized spacial score (nSPS) is 10.5. The molecule has 1 heterocycles. The maximum Gasteiger partial charge on any atom is 0.337 e. The number of nitrogens with one attached hydrogen (secondary N) is 1. The fourth-order valence-corrected chi connectivity index (χ4v) is 3.43. The lowest BCUT2D eigenvalue weighted by atomic mass is 10.00. The summed E-state index contributed by atoms with van der Waals surface area (Å²) in [4.78, 5) is 16.7. The van der Waals surface area contributed by atoms with Gasteiger partial charge in [0.1, 0.15) is 17.3 Å². The van der Waals surface area contributed by atoms with Crippen LogP contribution in [0, 0.1) is 5.41 Å². The van der Waals surface area contributed by atoms with Crippen LogP contribution in [0.3, 0.4) is 0 Å². The summed E-state index contributed by atoms with van der Waals surface area (Å²) < 4.78 is 10.7. The van der Waals surface area contributed by atoms with E-state index >= 15 is 0 Å². The predicted molar refractivity (Wildman–Crippen MR) is 128 cm³/mol. The zero-order chi connectivity index (χ0) is 23.4. The number of amidine groups is 1. The lowest BCUT2D eigenvalue weighted by Crippen LogP contribution is -2.16. The summed E-state index contributed by atoms with van der Waals surface area (Å²) in [6.07, 6.45) is 0. The van der Waals surface area contributed by atoms with Gasteiger partial charge >= 0.3 is 5.97 Å². The summed E-state index contributed by atoms with van der Waals surface area (Å²) in [6, 6.07) is 25.3. The van der Waals surface area contributed by atoms with Crippen molar-refractivity contribution in [3.8, 4) is 34.0 Å². The van der Waals surface area contributed by atoms with Gasteiger partial charge < -0.3 is 20.9 Å². The van der Waals surface area contributed by atoms with E-state index in [2.05, 4.69) is 0 Å². The highest BCUT2D eigenvalue weighted by atomic mass is 16.5. The lowest BCUT2D eigenvalue weighted by molar-refractivity contribution is 0.0601. The third-order valence-corrected chi connectivity index (χ3v) is 5.01. The van der Waals surface area contributed by atoms with Crippen molar-refractivity contribution in [2.75, 3.05) is 12.8 Å². The Morgan fingerprint density at radius 2 is 1.58 bits per heavy atom. The number of hydrogen-bond acceptors (Lipinski definition) is 6. The molecule has 0 saturated heterocycles. The molecule has 7 heteroatoms. The highest BCUT2D eigenvalue weighted by Crippen LogP contribution is 2.32. The lowest BCUT2D eigenvalue weighted by Gasteiger charge is -2.14. The first-order valence-electron chi connectivity index (χ1n) is 10.1. The van der Waals surface area contributed by atoms with Crippen molar-refractivity contribution in [3.63, 3.8) is 0 Å². The van der Waals surface area contributed by atoms with Crippen molar-refractivity contribution < 1.29 is 14.3 Å². The van der Waals surface area contributed by atoms with E-state index in [1.54, 1.807) is 24.3 Å². The van der Waals surface area contributed by atoms with E-state index in [9.17, 15) is 4.79 Å². The van der Waals surface area contributed by atoms with E-state index in [0.29, 0.717) is 39.5 Å². The van der Waals surface area contributed by atoms with Crippen LogP contribution in [0.2, 0.25) is 0 Å². The highest BCUT2D eigenvalue weighted by Gasteiger charge is 2.17. The summed E-state index contributed by atoms with van der Waals surface area (Å²) in [5, 5.41) is 8.02. The van der Waals surface area contributed by atoms with Gasteiger partial charge in [0.15, 0.2) is 0 Å². The van der Waals surface area contributed by atoms with Crippen LogP contribution >= 0.6 is 0 Å². The molecule has 4 aromatic rings. The smallest absolute Gasteiger partial charge is 0.337 e. The van der Waals surface area contributed by atoms with E-state index in [0.717, 1.165) is 11.3 Å². The predicted octanol–water partition coefficient (Wildman–Crippen LogP) is 4.86. The van der Waals surface area contributed by atoms with Crippen LogP contribution in [0.15, 0.2) is 84.9 Å². The van der Waals surface area contributed by atoms with Gasteiger partial charge in [-0.05, 0) is 54.6 Å². The molecule has 4 rings (SSSR count). The summed E-state index contributed by atoms with van der Waals surface area (Å²) in [5.41, 5.74) is 15.6. The Kier molecular flexibility index (Phi) is 6.04. The molecular formula is C26H22N4O3. The number of esters is 1. The molecule has 0 amide bonds. The Hall–Kier alpha value is -4.65. The SMILES string of the molecule is COC(=O)c1cccc(-c2cc(N)c(C(=N)N)c(-c3ccc(Oc4ccccc4)cc3)n2)c1. The van der Waals surface area contributed by atoms with Crippen LogP contribution < -0.4 is 16.2 Å². The summed E-state index contributed by atoms with van der Waals surface area (Å²) in [6.45, 7) is 0. The monoisotopic (exact) mass is 438 g/mol. The number of carbonyl (C=O) groups excluding carboxylic acids is 1. The molecule has 7 nitrogen and oxygen atoms in total. The molecule has 0 unspecified atom stereocenters. The van der Waals surface area contributed by atoms with Gasteiger partial charge in [0, 0.05) is 16.8 Å². The fourth-order valence-electron chi connectivity index (χ4n) is 3.43. The average Bonchev–Trinajstić information content (AvgIpc) is 2.84. The maximum atomic E-state index is 11.9. The zero-order valence-electron chi connectivity index (χ0n) is 17.9. The summed E-state index contributed by atoms with van der Waals surface area (Å²) in [7, 11) is 1.33. The number of anilines is 1. The minimum atomic E-state index is -0.445. The van der Waals surface area contributed by atoms with Gasteiger partial charge in [-0.3, -0.25) is 5.41 Å². The second kappa shape index (κ2) is 9.23. The first-order chi connectivity index (χ1) is 16.0. The minimum absolute atomic E-state index is 0.186. The average molecular weight is 438 g/mol. The zero-order valence-corrected chi connectivity index (χ0v) is 17.9. The number of pyridine rings is 1. The molecule has 0 fully saturated rings. The van der Waals surface area contributed by atoms with E-state index in [4.69, 9.17) is 31.3 Å². The number of para-hydroxylation sites is 1. The molecule has 1 aromatic heterocycles. The van der Waals surface area contributed by atoms with E-state index < -0.39 is 5.97 Å². The molecular weight excluding hydrogens is 416 g/mol. The van der Waals surface area contributed by atoms with Crippen LogP contribution in [0.4, 0.5) is 5.69 Å². The molecule has 0 saturated carbocycles. The number of nitrogens with zero attached hydrogens (tertiary/aromatic N) is 1. The Morgan fingerprint density at radius 3 is 2.24 bits per heavy atom. The summed E-state index contributed by atoms with van der Waals surface area (Å²) >= 11 is 0. The Morgan fingerprint density at radius 1 is 0.879 bits per heavy atom. The quantitative estimate of drug-likeness (QED) is 0.224. The molecule has 33 heavy (non-hydrogen) atoms. The summed E-state index contributed by atoms with van der Waals surface area (Å²) in [5.74, 6) is 0.752. The van der Waals surface area contributed by atoms with E-state index in [-0.39, 0.29) is 5.84 Å². The van der Waals surface area contributed by atoms with Crippen molar-refractivity contribution in [2.45, 2.75) is 0 Å². The number of methoxy groups -OCH3 is 1. The van der Waals surface area contributed by atoms with Crippen molar-refractivity contribution in [1.82, 2.24) is 4.98 Å². The van der Waals surface area contributed by atoms with Gasteiger partial charge in [-0.1, -0.05) is 30.3 Å². The van der Waals surface area contributed by atoms with E-state index in [1.165, 1.54) is 7.11 Å². The van der Waals surface area contributed by atoms with Gasteiger partial charge in [-0.2, -0.15) is 0 Å². The number of carbonyl (C=O) groups is 1. The van der Waals surface area contributed by atoms with Crippen LogP contribution in [0.5, 0.6) is 11.5 Å². The largest absolute Gasteiger partial charge is 0.465 e.